The molecule has 0 bridgehead atoms. The molecule has 3 rings (SSSR count). The Hall–Kier alpha value is -2.70. The smallest absolute Gasteiger partial charge is 0.257 e. The quantitative estimate of drug-likeness (QED) is 0.902. The topological polar surface area (TPSA) is 88.3 Å². The molecule has 2 aromatic rings. The van der Waals surface area contributed by atoms with Crippen LogP contribution in [0.5, 0.6) is 0 Å². The second-order valence-corrected chi connectivity index (χ2v) is 6.51. The zero-order valence-electron chi connectivity index (χ0n) is 14.7. The van der Waals surface area contributed by atoms with Crippen molar-refractivity contribution in [2.75, 3.05) is 18.4 Å². The van der Waals surface area contributed by atoms with Gasteiger partial charge >= 0.3 is 0 Å². The number of nitrogens with one attached hydrogen (secondary N) is 1. The van der Waals surface area contributed by atoms with Gasteiger partial charge in [-0.15, -0.1) is 0 Å². The SMILES string of the molecule is CCN1CC(C(=O)Nc2ccc(-c3nc(C(C)C)no3)cc2)CC1=O. The molecule has 1 saturated heterocycles. The summed E-state index contributed by atoms with van der Waals surface area (Å²) in [5.74, 6) is 0.942. The summed E-state index contributed by atoms with van der Waals surface area (Å²) in [5, 5.41) is 6.81. The standard InChI is InChI=1S/C18H22N4O3/c1-4-22-10-13(9-15(22)23)17(24)19-14-7-5-12(6-8-14)18-20-16(11(2)3)21-25-18/h5-8,11,13H,4,9-10H2,1-3H3,(H,19,24). The van der Waals surface area contributed by atoms with Crippen LogP contribution in [0.25, 0.3) is 11.5 Å². The normalized spacial score (nSPS) is 17.4. The Labute approximate surface area is 146 Å². The van der Waals surface area contributed by atoms with Crippen LogP contribution in [0.15, 0.2) is 28.8 Å². The number of carbonyl (C=O) groups is 2. The van der Waals surface area contributed by atoms with E-state index in [4.69, 9.17) is 4.52 Å². The molecule has 7 nitrogen and oxygen atoms in total. The van der Waals surface area contributed by atoms with E-state index in [0.29, 0.717) is 30.5 Å². The van der Waals surface area contributed by atoms with Crippen molar-refractivity contribution in [3.8, 4) is 11.5 Å². The molecule has 1 aromatic heterocycles. The second-order valence-electron chi connectivity index (χ2n) is 6.51. The molecule has 1 N–H and O–H groups in total. The maximum atomic E-state index is 12.3. The second kappa shape index (κ2) is 7.04. The summed E-state index contributed by atoms with van der Waals surface area (Å²) in [6, 6.07) is 7.23. The van der Waals surface area contributed by atoms with Crippen molar-refractivity contribution in [1.82, 2.24) is 15.0 Å². The maximum Gasteiger partial charge on any atom is 0.257 e. The van der Waals surface area contributed by atoms with Crippen LogP contribution in [0.2, 0.25) is 0 Å². The van der Waals surface area contributed by atoms with Crippen molar-refractivity contribution in [2.45, 2.75) is 33.1 Å². The van der Waals surface area contributed by atoms with Gasteiger partial charge in [0, 0.05) is 36.7 Å². The van der Waals surface area contributed by atoms with Gasteiger partial charge in [-0.25, -0.2) is 0 Å². The van der Waals surface area contributed by atoms with Crippen molar-refractivity contribution in [1.29, 1.82) is 0 Å². The number of nitrogens with zero attached hydrogens (tertiary/aromatic N) is 3. The number of aromatic nitrogens is 2. The average molecular weight is 342 g/mol. The Kier molecular flexibility index (Phi) is 4.83. The van der Waals surface area contributed by atoms with Crippen LogP contribution < -0.4 is 5.32 Å². The summed E-state index contributed by atoms with van der Waals surface area (Å²) in [5.41, 5.74) is 1.48. The summed E-state index contributed by atoms with van der Waals surface area (Å²) < 4.78 is 5.26. The van der Waals surface area contributed by atoms with Crippen molar-refractivity contribution in [3.05, 3.63) is 30.1 Å². The average Bonchev–Trinajstić information content (AvgIpc) is 3.22. The van der Waals surface area contributed by atoms with Crippen LogP contribution in [0.1, 0.15) is 38.9 Å². The van der Waals surface area contributed by atoms with Crippen LogP contribution in [0.4, 0.5) is 5.69 Å². The Morgan fingerprint density at radius 1 is 1.36 bits per heavy atom. The van der Waals surface area contributed by atoms with E-state index in [9.17, 15) is 9.59 Å². The lowest BCUT2D eigenvalue weighted by molar-refractivity contribution is -0.128. The third kappa shape index (κ3) is 3.70. The minimum absolute atomic E-state index is 0.0374. The molecule has 1 fully saturated rings. The predicted octanol–water partition coefficient (Wildman–Crippen LogP) is 2.67. The zero-order valence-corrected chi connectivity index (χ0v) is 14.7. The molecule has 1 aliphatic rings. The molecule has 7 heteroatoms. The highest BCUT2D eigenvalue weighted by atomic mass is 16.5. The lowest BCUT2D eigenvalue weighted by Crippen LogP contribution is -2.28. The molecule has 132 valence electrons. The number of hydrogen-bond acceptors (Lipinski definition) is 5. The van der Waals surface area contributed by atoms with Crippen LogP contribution in [-0.4, -0.2) is 39.9 Å². The minimum atomic E-state index is -0.295. The van der Waals surface area contributed by atoms with E-state index in [2.05, 4.69) is 15.5 Å². The number of amides is 2. The summed E-state index contributed by atoms with van der Waals surface area (Å²) >= 11 is 0. The van der Waals surface area contributed by atoms with Gasteiger partial charge in [-0.1, -0.05) is 19.0 Å². The molecule has 0 saturated carbocycles. The summed E-state index contributed by atoms with van der Waals surface area (Å²) in [6.45, 7) is 7.04. The van der Waals surface area contributed by atoms with Crippen molar-refractivity contribution in [3.63, 3.8) is 0 Å². The summed E-state index contributed by atoms with van der Waals surface area (Å²) in [6.07, 6.45) is 0.276. The molecular formula is C18H22N4O3. The Morgan fingerprint density at radius 2 is 2.08 bits per heavy atom. The van der Waals surface area contributed by atoms with Gasteiger partial charge < -0.3 is 14.7 Å². The summed E-state index contributed by atoms with van der Waals surface area (Å²) in [4.78, 5) is 30.1. The monoisotopic (exact) mass is 342 g/mol. The number of anilines is 1. The highest BCUT2D eigenvalue weighted by Gasteiger charge is 2.33. The Balaban J connectivity index is 1.64. The van der Waals surface area contributed by atoms with Gasteiger partial charge in [0.2, 0.25) is 11.8 Å². The van der Waals surface area contributed by atoms with Crippen molar-refractivity contribution in [2.24, 2.45) is 5.92 Å². The van der Waals surface area contributed by atoms with Crippen molar-refractivity contribution < 1.29 is 14.1 Å². The highest BCUT2D eigenvalue weighted by Crippen LogP contribution is 2.23. The van der Waals surface area contributed by atoms with Gasteiger partial charge in [-0.3, -0.25) is 9.59 Å². The van der Waals surface area contributed by atoms with E-state index >= 15 is 0 Å². The fraction of sp³-hybridized carbons (Fsp3) is 0.444. The number of rotatable bonds is 5. The van der Waals surface area contributed by atoms with E-state index < -0.39 is 0 Å². The Morgan fingerprint density at radius 3 is 2.64 bits per heavy atom. The fourth-order valence-corrected chi connectivity index (χ4v) is 2.78. The van der Waals surface area contributed by atoms with Crippen molar-refractivity contribution >= 4 is 17.5 Å². The molecule has 2 heterocycles. The van der Waals surface area contributed by atoms with Crippen LogP contribution in [0.3, 0.4) is 0 Å². The molecule has 0 radical (unpaired) electrons. The first-order chi connectivity index (χ1) is 12.0. The molecule has 0 aliphatic carbocycles. The number of benzene rings is 1. The highest BCUT2D eigenvalue weighted by molar-refractivity contribution is 5.97. The first-order valence-corrected chi connectivity index (χ1v) is 8.50. The largest absolute Gasteiger partial charge is 0.342 e. The molecule has 25 heavy (non-hydrogen) atoms. The molecule has 1 aromatic carbocycles. The molecular weight excluding hydrogens is 320 g/mol. The summed E-state index contributed by atoms with van der Waals surface area (Å²) in [7, 11) is 0. The first kappa shape index (κ1) is 17.1. The Bertz CT molecular complexity index is 767. The molecule has 1 aliphatic heterocycles. The minimum Gasteiger partial charge on any atom is -0.342 e. The van der Waals surface area contributed by atoms with Gasteiger partial charge in [-0.05, 0) is 31.2 Å². The predicted molar refractivity (Wildman–Crippen MR) is 92.8 cm³/mol. The van der Waals surface area contributed by atoms with Crippen LogP contribution >= 0.6 is 0 Å². The van der Waals surface area contributed by atoms with Gasteiger partial charge in [-0.2, -0.15) is 4.98 Å². The third-order valence-electron chi connectivity index (χ3n) is 4.32. The molecule has 2 amide bonds. The zero-order chi connectivity index (χ0) is 18.0. The van der Waals surface area contributed by atoms with E-state index in [-0.39, 0.29) is 30.1 Å². The fourth-order valence-electron chi connectivity index (χ4n) is 2.78. The third-order valence-corrected chi connectivity index (χ3v) is 4.32. The van der Waals surface area contributed by atoms with E-state index in [1.165, 1.54) is 0 Å². The van der Waals surface area contributed by atoms with E-state index in [0.717, 1.165) is 5.56 Å². The van der Waals surface area contributed by atoms with Gasteiger partial charge in [0.05, 0.1) is 5.92 Å². The van der Waals surface area contributed by atoms with Gasteiger partial charge in [0.15, 0.2) is 5.82 Å². The number of hydrogen-bond donors (Lipinski definition) is 1. The van der Waals surface area contributed by atoms with Crippen LogP contribution in [0, 0.1) is 5.92 Å². The molecule has 1 unspecified atom stereocenters. The first-order valence-electron chi connectivity index (χ1n) is 8.50. The lowest BCUT2D eigenvalue weighted by Gasteiger charge is -2.13. The lowest BCUT2D eigenvalue weighted by atomic mass is 10.1. The van der Waals surface area contributed by atoms with E-state index in [1.54, 1.807) is 17.0 Å². The van der Waals surface area contributed by atoms with Gasteiger partial charge in [0.1, 0.15) is 0 Å². The van der Waals surface area contributed by atoms with Gasteiger partial charge in [0.25, 0.3) is 5.89 Å². The molecule has 0 spiro atoms. The molecule has 1 atom stereocenters. The number of likely N-dealkylation sites (tertiary alicyclic amines) is 1. The van der Waals surface area contributed by atoms with E-state index in [1.807, 2.05) is 32.9 Å². The van der Waals surface area contributed by atoms with Crippen LogP contribution in [-0.2, 0) is 9.59 Å². The maximum absolute atomic E-state index is 12.3. The number of carbonyl (C=O) groups excluding carboxylic acids is 2.